The molecular weight excluding hydrogens is 206 g/mol. The minimum Gasteiger partial charge on any atom is -0.311 e. The topological polar surface area (TPSA) is 91.9 Å². The van der Waals surface area contributed by atoms with Crippen molar-refractivity contribution in [3.05, 3.63) is 12.3 Å². The molecule has 0 saturated carbocycles. The lowest BCUT2D eigenvalue weighted by Crippen LogP contribution is -2.16. The second kappa shape index (κ2) is 4.23. The highest BCUT2D eigenvalue weighted by Crippen LogP contribution is 2.00. The molecule has 7 heteroatoms. The molecule has 0 bridgehead atoms. The fraction of sp³-hybridized carbons (Fsp3) is 0.429. The molecule has 2 N–H and O–H groups in total. The van der Waals surface area contributed by atoms with E-state index in [4.69, 9.17) is 0 Å². The Morgan fingerprint density at radius 1 is 1.64 bits per heavy atom. The minimum absolute atomic E-state index is 0.0438. The molecule has 0 radical (unpaired) electrons. The number of hydrogen-bond donors (Lipinski definition) is 2. The zero-order valence-electron chi connectivity index (χ0n) is 7.65. The van der Waals surface area contributed by atoms with E-state index in [2.05, 4.69) is 15.5 Å². The molecule has 1 amide bonds. The highest BCUT2D eigenvalue weighted by atomic mass is 32.2. The molecule has 0 saturated heterocycles. The number of nitrogens with zero attached hydrogens (tertiary/aromatic N) is 1. The van der Waals surface area contributed by atoms with Crippen LogP contribution >= 0.6 is 0 Å². The van der Waals surface area contributed by atoms with Gasteiger partial charge in [-0.3, -0.25) is 9.89 Å². The molecule has 1 heterocycles. The first kappa shape index (κ1) is 10.7. The van der Waals surface area contributed by atoms with Gasteiger partial charge in [0.05, 0.1) is 11.9 Å². The first-order chi connectivity index (χ1) is 6.47. The van der Waals surface area contributed by atoms with Gasteiger partial charge in [-0.05, 0) is 0 Å². The summed E-state index contributed by atoms with van der Waals surface area (Å²) in [7, 11) is -3.08. The molecule has 0 fully saturated rings. The van der Waals surface area contributed by atoms with E-state index in [-0.39, 0.29) is 18.1 Å². The summed E-state index contributed by atoms with van der Waals surface area (Å²) in [5.41, 5.74) is 0. The Morgan fingerprint density at radius 2 is 2.36 bits per heavy atom. The molecule has 0 aliphatic rings. The number of sulfone groups is 1. The molecule has 14 heavy (non-hydrogen) atoms. The van der Waals surface area contributed by atoms with Crippen molar-refractivity contribution in [2.24, 2.45) is 0 Å². The van der Waals surface area contributed by atoms with E-state index in [0.29, 0.717) is 5.82 Å². The Kier molecular flexibility index (Phi) is 3.23. The Hall–Kier alpha value is -1.37. The molecule has 0 spiro atoms. The third-order valence-corrected chi connectivity index (χ3v) is 2.42. The SMILES string of the molecule is CS(=O)(=O)CCC(=O)Nc1ccn[nH]1. The maximum absolute atomic E-state index is 11.1. The first-order valence-electron chi connectivity index (χ1n) is 3.94. The van der Waals surface area contributed by atoms with Crippen LogP contribution in [0.2, 0.25) is 0 Å². The zero-order chi connectivity index (χ0) is 10.6. The third-order valence-electron chi connectivity index (χ3n) is 1.47. The van der Waals surface area contributed by atoms with Gasteiger partial charge in [0.2, 0.25) is 5.91 Å². The van der Waals surface area contributed by atoms with Crippen molar-refractivity contribution < 1.29 is 13.2 Å². The second-order valence-corrected chi connectivity index (χ2v) is 5.16. The van der Waals surface area contributed by atoms with E-state index in [1.54, 1.807) is 6.07 Å². The number of aromatic amines is 1. The molecule has 0 aromatic carbocycles. The standard InChI is InChI=1S/C7H11N3O3S/c1-14(12,13)5-3-7(11)9-6-2-4-8-10-6/h2,4H,3,5H2,1H3,(H2,8,9,10,11). The molecular formula is C7H11N3O3S. The van der Waals surface area contributed by atoms with Crippen molar-refractivity contribution in [1.29, 1.82) is 0 Å². The summed E-state index contributed by atoms with van der Waals surface area (Å²) in [5.74, 6) is -0.0318. The Bertz CT molecular complexity index is 396. The van der Waals surface area contributed by atoms with Gasteiger partial charge in [-0.1, -0.05) is 0 Å². The Labute approximate surface area is 81.6 Å². The van der Waals surface area contributed by atoms with Crippen LogP contribution in [0.1, 0.15) is 6.42 Å². The van der Waals surface area contributed by atoms with Gasteiger partial charge in [0.1, 0.15) is 15.7 Å². The van der Waals surface area contributed by atoms with E-state index in [1.165, 1.54) is 6.20 Å². The summed E-state index contributed by atoms with van der Waals surface area (Å²) in [6.07, 6.45) is 2.54. The predicted molar refractivity (Wildman–Crippen MR) is 51.5 cm³/mol. The van der Waals surface area contributed by atoms with Crippen LogP contribution in [0, 0.1) is 0 Å². The largest absolute Gasteiger partial charge is 0.311 e. The molecule has 0 atom stereocenters. The maximum Gasteiger partial charge on any atom is 0.226 e. The lowest BCUT2D eigenvalue weighted by Gasteiger charge is -2.00. The van der Waals surface area contributed by atoms with Gasteiger partial charge < -0.3 is 5.32 Å². The van der Waals surface area contributed by atoms with Gasteiger partial charge in [0.25, 0.3) is 0 Å². The van der Waals surface area contributed by atoms with E-state index in [0.717, 1.165) is 6.26 Å². The molecule has 1 aromatic heterocycles. The van der Waals surface area contributed by atoms with Crippen molar-refractivity contribution in [2.75, 3.05) is 17.3 Å². The molecule has 1 aromatic rings. The normalized spacial score (nSPS) is 11.2. The van der Waals surface area contributed by atoms with Crippen molar-refractivity contribution in [2.45, 2.75) is 6.42 Å². The average molecular weight is 217 g/mol. The van der Waals surface area contributed by atoms with Gasteiger partial charge in [0, 0.05) is 18.7 Å². The van der Waals surface area contributed by atoms with Gasteiger partial charge in [0.15, 0.2) is 0 Å². The third kappa shape index (κ3) is 4.04. The van der Waals surface area contributed by atoms with E-state index < -0.39 is 9.84 Å². The van der Waals surface area contributed by atoms with Crippen molar-refractivity contribution in [3.63, 3.8) is 0 Å². The monoisotopic (exact) mass is 217 g/mol. The number of amides is 1. The lowest BCUT2D eigenvalue weighted by atomic mass is 10.4. The molecule has 0 aliphatic carbocycles. The number of H-pyrrole nitrogens is 1. The number of rotatable bonds is 4. The minimum atomic E-state index is -3.08. The summed E-state index contributed by atoms with van der Waals surface area (Å²) in [5, 5.41) is 8.63. The molecule has 0 unspecified atom stereocenters. The Morgan fingerprint density at radius 3 is 2.86 bits per heavy atom. The van der Waals surface area contributed by atoms with Crippen LogP contribution in [-0.4, -0.2) is 36.5 Å². The number of anilines is 1. The summed E-state index contributed by atoms with van der Waals surface area (Å²) < 4.78 is 21.5. The van der Waals surface area contributed by atoms with Gasteiger partial charge in [-0.25, -0.2) is 8.42 Å². The summed E-state index contributed by atoms with van der Waals surface area (Å²) in [4.78, 5) is 11.1. The quantitative estimate of drug-likeness (QED) is 0.729. The van der Waals surface area contributed by atoms with Crippen LogP contribution < -0.4 is 5.32 Å². The average Bonchev–Trinajstić information content (AvgIpc) is 2.52. The van der Waals surface area contributed by atoms with Crippen LogP contribution in [0.3, 0.4) is 0 Å². The molecule has 0 aliphatic heterocycles. The number of hydrogen-bond acceptors (Lipinski definition) is 4. The second-order valence-electron chi connectivity index (χ2n) is 2.90. The van der Waals surface area contributed by atoms with Crippen LogP contribution in [0.25, 0.3) is 0 Å². The van der Waals surface area contributed by atoms with E-state index in [9.17, 15) is 13.2 Å². The van der Waals surface area contributed by atoms with Crippen molar-refractivity contribution in [1.82, 2.24) is 10.2 Å². The summed E-state index contributed by atoms with van der Waals surface area (Å²) >= 11 is 0. The summed E-state index contributed by atoms with van der Waals surface area (Å²) in [6, 6.07) is 1.58. The van der Waals surface area contributed by atoms with Gasteiger partial charge >= 0.3 is 0 Å². The van der Waals surface area contributed by atoms with Gasteiger partial charge in [-0.15, -0.1) is 0 Å². The van der Waals surface area contributed by atoms with Crippen LogP contribution in [0.5, 0.6) is 0 Å². The van der Waals surface area contributed by atoms with E-state index >= 15 is 0 Å². The van der Waals surface area contributed by atoms with Crippen molar-refractivity contribution in [3.8, 4) is 0 Å². The first-order valence-corrected chi connectivity index (χ1v) is 6.00. The molecule has 1 rings (SSSR count). The number of nitrogens with one attached hydrogen (secondary N) is 2. The maximum atomic E-state index is 11.1. The van der Waals surface area contributed by atoms with Crippen LogP contribution in [0.4, 0.5) is 5.82 Å². The van der Waals surface area contributed by atoms with Crippen LogP contribution in [-0.2, 0) is 14.6 Å². The molecule has 6 nitrogen and oxygen atoms in total. The van der Waals surface area contributed by atoms with Gasteiger partial charge in [-0.2, -0.15) is 5.10 Å². The number of carbonyl (C=O) groups is 1. The fourth-order valence-electron chi connectivity index (χ4n) is 0.816. The highest BCUT2D eigenvalue weighted by molar-refractivity contribution is 7.90. The van der Waals surface area contributed by atoms with Crippen molar-refractivity contribution >= 4 is 21.6 Å². The van der Waals surface area contributed by atoms with E-state index in [1.807, 2.05) is 0 Å². The number of aromatic nitrogens is 2. The lowest BCUT2D eigenvalue weighted by molar-refractivity contribution is -0.115. The fourth-order valence-corrected chi connectivity index (χ4v) is 1.37. The predicted octanol–water partition coefficient (Wildman–Crippen LogP) is -0.217. The Balaban J connectivity index is 2.38. The number of carbonyl (C=O) groups excluding carboxylic acids is 1. The summed E-state index contributed by atoms with van der Waals surface area (Å²) in [6.45, 7) is 0. The molecule has 78 valence electrons. The van der Waals surface area contributed by atoms with Crippen LogP contribution in [0.15, 0.2) is 12.3 Å². The highest BCUT2D eigenvalue weighted by Gasteiger charge is 2.08. The zero-order valence-corrected chi connectivity index (χ0v) is 8.47. The smallest absolute Gasteiger partial charge is 0.226 e.